The first-order chi connectivity index (χ1) is 8.35. The van der Waals surface area contributed by atoms with E-state index in [9.17, 15) is 0 Å². The molecular weight excluding hydrogens is 228 g/mol. The lowest BCUT2D eigenvalue weighted by Gasteiger charge is -2.18. The quantitative estimate of drug-likeness (QED) is 0.647. The number of nitrogens with two attached hydrogens (primary N) is 1. The van der Waals surface area contributed by atoms with Gasteiger partial charge in [0.05, 0.1) is 6.67 Å². The van der Waals surface area contributed by atoms with Crippen molar-refractivity contribution in [2.45, 2.75) is 18.2 Å². The normalized spacial score (nSPS) is 11.2. The van der Waals surface area contributed by atoms with E-state index in [4.69, 9.17) is 5.73 Å². The third kappa shape index (κ3) is 3.00. The Morgan fingerprint density at radius 1 is 1.12 bits per heavy atom. The molecule has 2 nitrogen and oxygen atoms in total. The summed E-state index contributed by atoms with van der Waals surface area (Å²) in [4.78, 5) is 1.28. The van der Waals surface area contributed by atoms with Gasteiger partial charge in [-0.2, -0.15) is 0 Å². The molecule has 0 aliphatic heterocycles. The summed E-state index contributed by atoms with van der Waals surface area (Å²) in [7, 11) is 0. The Balaban J connectivity index is 2.28. The van der Waals surface area contributed by atoms with Crippen molar-refractivity contribution in [3.8, 4) is 0 Å². The van der Waals surface area contributed by atoms with Gasteiger partial charge in [-0.1, -0.05) is 43.3 Å². The molecule has 2 N–H and O–H groups in total. The number of nitrogens with zero attached hydrogens (tertiary/aromatic N) is 1. The van der Waals surface area contributed by atoms with Crippen molar-refractivity contribution in [3.63, 3.8) is 0 Å². The lowest BCUT2D eigenvalue weighted by atomic mass is 10.1. The summed E-state index contributed by atoms with van der Waals surface area (Å²) in [6, 6.07) is 14.9. The molecule has 0 saturated heterocycles. The second kappa shape index (κ2) is 6.05. The van der Waals surface area contributed by atoms with Crippen LogP contribution in [-0.4, -0.2) is 17.5 Å². The summed E-state index contributed by atoms with van der Waals surface area (Å²) >= 11 is 1.75. The lowest BCUT2D eigenvalue weighted by molar-refractivity contribution is 0.483. The number of fused-ring (bicyclic) bond motifs is 1. The maximum absolute atomic E-state index is 5.76. The molecule has 0 saturated carbocycles. The van der Waals surface area contributed by atoms with Crippen LogP contribution in [-0.2, 0) is 0 Å². The Bertz CT molecular complexity index is 479. The maximum Gasteiger partial charge on any atom is 0.0559 e. The van der Waals surface area contributed by atoms with Crippen molar-refractivity contribution in [1.29, 1.82) is 0 Å². The van der Waals surface area contributed by atoms with E-state index < -0.39 is 0 Å². The minimum Gasteiger partial charge on any atom is -0.318 e. The predicted molar refractivity (Wildman–Crippen MR) is 75.9 cm³/mol. The molecule has 17 heavy (non-hydrogen) atoms. The van der Waals surface area contributed by atoms with Gasteiger partial charge in [0.1, 0.15) is 0 Å². The van der Waals surface area contributed by atoms with Crippen LogP contribution in [0.3, 0.4) is 0 Å². The highest BCUT2D eigenvalue weighted by molar-refractivity contribution is 7.97. The summed E-state index contributed by atoms with van der Waals surface area (Å²) in [6.45, 7) is 3.78. The molecule has 2 rings (SSSR count). The SMILES string of the molecule is CCCN(CN)Sc1cccc2ccccc12. The van der Waals surface area contributed by atoms with Crippen molar-refractivity contribution < 1.29 is 0 Å². The van der Waals surface area contributed by atoms with Crippen molar-refractivity contribution in [3.05, 3.63) is 42.5 Å². The predicted octanol–water partition coefficient (Wildman–Crippen LogP) is 3.48. The smallest absolute Gasteiger partial charge is 0.0559 e. The minimum atomic E-state index is 0.585. The van der Waals surface area contributed by atoms with Crippen LogP contribution in [0.15, 0.2) is 47.4 Å². The van der Waals surface area contributed by atoms with Crippen molar-refractivity contribution in [2.75, 3.05) is 13.2 Å². The zero-order chi connectivity index (χ0) is 12.1. The molecule has 0 aliphatic rings. The Labute approximate surface area is 107 Å². The molecule has 0 aliphatic carbocycles. The second-order valence-corrected chi connectivity index (χ2v) is 5.10. The first-order valence-corrected chi connectivity index (χ1v) is 6.73. The highest BCUT2D eigenvalue weighted by atomic mass is 32.2. The Hall–Kier alpha value is -1.03. The van der Waals surface area contributed by atoms with Crippen LogP contribution in [0.2, 0.25) is 0 Å². The van der Waals surface area contributed by atoms with Crippen LogP contribution >= 0.6 is 11.9 Å². The molecule has 0 atom stereocenters. The molecule has 0 spiro atoms. The van der Waals surface area contributed by atoms with Crippen LogP contribution in [0.1, 0.15) is 13.3 Å². The average molecular weight is 246 g/mol. The van der Waals surface area contributed by atoms with Gasteiger partial charge in [-0.15, -0.1) is 0 Å². The van der Waals surface area contributed by atoms with Gasteiger partial charge in [0.2, 0.25) is 0 Å². The first-order valence-electron chi connectivity index (χ1n) is 5.96. The van der Waals surface area contributed by atoms with Gasteiger partial charge in [-0.05, 0) is 35.2 Å². The fraction of sp³-hybridized carbons (Fsp3) is 0.286. The first kappa shape index (κ1) is 12.4. The van der Waals surface area contributed by atoms with Crippen molar-refractivity contribution >= 4 is 22.7 Å². The van der Waals surface area contributed by atoms with Gasteiger partial charge in [0, 0.05) is 11.4 Å². The standard InChI is InChI=1S/C14H18N2S/c1-2-10-16(11-15)17-14-9-5-7-12-6-3-4-8-13(12)14/h3-9H,2,10-11,15H2,1H3. The van der Waals surface area contributed by atoms with Crippen LogP contribution < -0.4 is 5.73 Å². The minimum absolute atomic E-state index is 0.585. The highest BCUT2D eigenvalue weighted by Gasteiger charge is 2.06. The number of hydrogen-bond donors (Lipinski definition) is 1. The van der Waals surface area contributed by atoms with Gasteiger partial charge in [-0.25, -0.2) is 4.31 Å². The van der Waals surface area contributed by atoms with E-state index in [-0.39, 0.29) is 0 Å². The number of rotatable bonds is 5. The third-order valence-corrected chi connectivity index (χ3v) is 3.80. The van der Waals surface area contributed by atoms with E-state index in [1.807, 2.05) is 0 Å². The summed E-state index contributed by atoms with van der Waals surface area (Å²) in [5, 5.41) is 2.58. The topological polar surface area (TPSA) is 29.3 Å². The molecular formula is C14H18N2S. The van der Waals surface area contributed by atoms with E-state index in [0.29, 0.717) is 6.67 Å². The summed E-state index contributed by atoms with van der Waals surface area (Å²) in [6.07, 6.45) is 1.12. The van der Waals surface area contributed by atoms with Crippen molar-refractivity contribution in [1.82, 2.24) is 4.31 Å². The molecule has 2 aromatic carbocycles. The largest absolute Gasteiger partial charge is 0.318 e. The van der Waals surface area contributed by atoms with E-state index in [1.54, 1.807) is 11.9 Å². The summed E-state index contributed by atoms with van der Waals surface area (Å²) in [5.41, 5.74) is 5.76. The second-order valence-electron chi connectivity index (χ2n) is 3.96. The van der Waals surface area contributed by atoms with Gasteiger partial charge < -0.3 is 5.73 Å². The Morgan fingerprint density at radius 3 is 2.65 bits per heavy atom. The lowest BCUT2D eigenvalue weighted by Crippen LogP contribution is -2.23. The molecule has 0 bridgehead atoms. The van der Waals surface area contributed by atoms with E-state index in [0.717, 1.165) is 13.0 Å². The van der Waals surface area contributed by atoms with Gasteiger partial charge >= 0.3 is 0 Å². The van der Waals surface area contributed by atoms with Crippen LogP contribution in [0, 0.1) is 0 Å². The molecule has 2 aromatic rings. The number of benzene rings is 2. The molecule has 90 valence electrons. The van der Waals surface area contributed by atoms with Crippen LogP contribution in [0.25, 0.3) is 10.8 Å². The molecule has 0 unspecified atom stereocenters. The molecule has 0 heterocycles. The molecule has 3 heteroatoms. The zero-order valence-corrected chi connectivity index (χ0v) is 10.9. The molecule has 0 fully saturated rings. The van der Waals surface area contributed by atoms with Crippen LogP contribution in [0.5, 0.6) is 0 Å². The fourth-order valence-corrected chi connectivity index (χ4v) is 2.89. The molecule has 0 radical (unpaired) electrons. The van der Waals surface area contributed by atoms with E-state index >= 15 is 0 Å². The van der Waals surface area contributed by atoms with Crippen LogP contribution in [0.4, 0.5) is 0 Å². The zero-order valence-electron chi connectivity index (χ0n) is 10.1. The molecule has 0 aromatic heterocycles. The average Bonchev–Trinajstić information content (AvgIpc) is 2.38. The molecule has 0 amide bonds. The highest BCUT2D eigenvalue weighted by Crippen LogP contribution is 2.29. The Morgan fingerprint density at radius 2 is 1.88 bits per heavy atom. The van der Waals surface area contributed by atoms with Gasteiger partial charge in [0.15, 0.2) is 0 Å². The monoisotopic (exact) mass is 246 g/mol. The Kier molecular flexibility index (Phi) is 4.42. The van der Waals surface area contributed by atoms with Gasteiger partial charge in [-0.3, -0.25) is 0 Å². The van der Waals surface area contributed by atoms with Gasteiger partial charge in [0.25, 0.3) is 0 Å². The maximum atomic E-state index is 5.76. The third-order valence-electron chi connectivity index (χ3n) is 2.65. The van der Waals surface area contributed by atoms with Crippen molar-refractivity contribution in [2.24, 2.45) is 5.73 Å². The summed E-state index contributed by atoms with van der Waals surface area (Å²) < 4.78 is 2.20. The summed E-state index contributed by atoms with van der Waals surface area (Å²) in [5.74, 6) is 0. The number of hydrogen-bond acceptors (Lipinski definition) is 3. The fourth-order valence-electron chi connectivity index (χ4n) is 1.84. The van der Waals surface area contributed by atoms with E-state index in [2.05, 4.69) is 53.7 Å². The van der Waals surface area contributed by atoms with E-state index in [1.165, 1.54) is 15.7 Å².